The zero-order valence-electron chi connectivity index (χ0n) is 3.47. The molecule has 0 unspecified atom stereocenters. The van der Waals surface area contributed by atoms with E-state index in [1.165, 1.54) is 0 Å². The van der Waals surface area contributed by atoms with E-state index in [-0.39, 0.29) is 0 Å². The second-order valence-electron chi connectivity index (χ2n) is 0.642. The maximum atomic E-state index is 7.70. The number of rotatable bonds is 2. The Morgan fingerprint density at radius 2 is 2.50 bits per heavy atom. The van der Waals surface area contributed by atoms with Crippen molar-refractivity contribution in [3.05, 3.63) is 0 Å². The van der Waals surface area contributed by atoms with Crippen molar-refractivity contribution in [3.8, 4) is 6.26 Å². The second-order valence-corrected chi connectivity index (χ2v) is 4.93. The van der Waals surface area contributed by atoms with Crippen molar-refractivity contribution in [2.24, 2.45) is 0 Å². The standard InChI is InChI=1S/CHNO.CH3O.Hg/c2-1-3;1-2;/h3H;1H3;/q;-1;+2/p-1. The summed E-state index contributed by atoms with van der Waals surface area (Å²) in [7, 11) is 1.55. The third-order valence-electron chi connectivity index (χ3n) is 0.241. The van der Waals surface area contributed by atoms with Crippen LogP contribution in [0.1, 0.15) is 0 Å². The van der Waals surface area contributed by atoms with Crippen LogP contribution in [-0.2, 0) is 30.8 Å². The van der Waals surface area contributed by atoms with Crippen LogP contribution in [0, 0.1) is 11.5 Å². The molecule has 4 heteroatoms. The van der Waals surface area contributed by atoms with Gasteiger partial charge in [-0.05, 0) is 0 Å². The van der Waals surface area contributed by atoms with E-state index in [2.05, 4.69) is 5.29 Å². The van der Waals surface area contributed by atoms with Crippen molar-refractivity contribution >= 4 is 0 Å². The van der Waals surface area contributed by atoms with Gasteiger partial charge in [0.15, 0.2) is 0 Å². The van der Waals surface area contributed by atoms with Gasteiger partial charge in [0.25, 0.3) is 0 Å². The fraction of sp³-hybridized carbons (Fsp3) is 0.500. The van der Waals surface area contributed by atoms with Gasteiger partial charge >= 0.3 is 49.4 Å². The monoisotopic (exact) mass is 275 g/mol. The summed E-state index contributed by atoms with van der Waals surface area (Å²) >= 11 is -1.53. The van der Waals surface area contributed by atoms with Crippen molar-refractivity contribution < 1.29 is 30.8 Å². The van der Waals surface area contributed by atoms with Gasteiger partial charge in [-0.2, -0.15) is 0 Å². The van der Waals surface area contributed by atoms with Crippen LogP contribution in [0.2, 0.25) is 0 Å². The van der Waals surface area contributed by atoms with Gasteiger partial charge < -0.3 is 0 Å². The van der Waals surface area contributed by atoms with Crippen LogP contribution < -0.4 is 0 Å². The number of hydrogen-bond donors (Lipinski definition) is 0. The van der Waals surface area contributed by atoms with Gasteiger partial charge in [0.1, 0.15) is 0 Å². The van der Waals surface area contributed by atoms with Crippen molar-refractivity contribution in [1.82, 2.24) is 0 Å². The zero-order valence-corrected chi connectivity index (χ0v) is 8.97. The summed E-state index contributed by atoms with van der Waals surface area (Å²) in [6.45, 7) is 0. The molecule has 0 atom stereocenters. The molecule has 0 saturated carbocycles. The first-order valence-electron chi connectivity index (χ1n) is 1.41. The van der Waals surface area contributed by atoms with E-state index >= 15 is 0 Å². The Hall–Kier alpha value is 0.185. The van der Waals surface area contributed by atoms with Gasteiger partial charge in [-0.15, -0.1) is 0 Å². The molecule has 6 heavy (non-hydrogen) atoms. The van der Waals surface area contributed by atoms with Gasteiger partial charge in [-0.3, -0.25) is 0 Å². The summed E-state index contributed by atoms with van der Waals surface area (Å²) in [5, 5.41) is 7.70. The number of hydrogen-bond acceptors (Lipinski definition) is 3. The summed E-state index contributed by atoms with van der Waals surface area (Å²) in [5.41, 5.74) is 0. The fourth-order valence-electron chi connectivity index (χ4n) is 0.0853. The molecule has 3 nitrogen and oxygen atoms in total. The maximum absolute atomic E-state index is 7.70. The second kappa shape index (κ2) is 5.19. The number of nitriles is 1. The van der Waals surface area contributed by atoms with Gasteiger partial charge in [-0.25, -0.2) is 0 Å². The van der Waals surface area contributed by atoms with Crippen LogP contribution in [-0.4, -0.2) is 7.11 Å². The molecule has 30 valence electrons. The Balaban J connectivity index is 2.54. The van der Waals surface area contributed by atoms with Gasteiger partial charge in [-0.1, -0.05) is 0 Å². The third kappa shape index (κ3) is 4.19. The quantitative estimate of drug-likeness (QED) is 0.405. The summed E-state index contributed by atoms with van der Waals surface area (Å²) in [4.78, 5) is 0. The fourth-order valence-corrected chi connectivity index (χ4v) is 0.748. The molecule has 0 aromatic rings. The molecular formula is C2H3HgNO2. The SMILES string of the molecule is C[O][Hg][O]C#N. The van der Waals surface area contributed by atoms with Crippen LogP contribution in [0.4, 0.5) is 0 Å². The molecule has 0 aromatic heterocycles. The molecule has 0 saturated heterocycles. The van der Waals surface area contributed by atoms with E-state index in [4.69, 9.17) is 5.26 Å². The molecule has 0 aliphatic carbocycles. The molecule has 0 bridgehead atoms. The molecule has 0 amide bonds. The van der Waals surface area contributed by atoms with Gasteiger partial charge in [0.2, 0.25) is 0 Å². The van der Waals surface area contributed by atoms with E-state index in [0.717, 1.165) is 0 Å². The molecule has 0 radical (unpaired) electrons. The van der Waals surface area contributed by atoms with Crippen LogP contribution >= 0.6 is 0 Å². The Morgan fingerprint density at radius 3 is 2.67 bits per heavy atom. The summed E-state index contributed by atoms with van der Waals surface area (Å²) < 4.78 is 8.85. The minimum absolute atomic E-state index is 1.53. The van der Waals surface area contributed by atoms with E-state index in [0.29, 0.717) is 0 Å². The van der Waals surface area contributed by atoms with Gasteiger partial charge in [0.05, 0.1) is 0 Å². The summed E-state index contributed by atoms with van der Waals surface area (Å²) in [6.07, 6.45) is 1.54. The molecule has 0 spiro atoms. The molecule has 0 heterocycles. The topological polar surface area (TPSA) is 42.2 Å². The predicted molar refractivity (Wildman–Crippen MR) is 13.7 cm³/mol. The van der Waals surface area contributed by atoms with Crippen molar-refractivity contribution in [2.45, 2.75) is 0 Å². The van der Waals surface area contributed by atoms with Crippen molar-refractivity contribution in [2.75, 3.05) is 7.11 Å². The third-order valence-corrected chi connectivity index (χ3v) is 2.12. The average Bonchev–Trinajstić information content (AvgIpc) is 1.61. The van der Waals surface area contributed by atoms with E-state index in [1.54, 1.807) is 13.4 Å². The molecular weight excluding hydrogens is 271 g/mol. The first-order chi connectivity index (χ1) is 2.91. The molecule has 0 aromatic carbocycles. The van der Waals surface area contributed by atoms with Crippen LogP contribution in [0.25, 0.3) is 0 Å². The predicted octanol–water partition coefficient (Wildman–Crippen LogP) is 0.0430. The minimum atomic E-state index is -1.53. The molecule has 0 aliphatic rings. The summed E-state index contributed by atoms with van der Waals surface area (Å²) in [5.74, 6) is 0. The summed E-state index contributed by atoms with van der Waals surface area (Å²) in [6, 6.07) is 0. The Bertz CT molecular complexity index is 59.1. The Morgan fingerprint density at radius 1 is 1.83 bits per heavy atom. The van der Waals surface area contributed by atoms with Crippen LogP contribution in [0.3, 0.4) is 0 Å². The first kappa shape index (κ1) is 6.19. The van der Waals surface area contributed by atoms with Crippen LogP contribution in [0.15, 0.2) is 0 Å². The van der Waals surface area contributed by atoms with Crippen LogP contribution in [0.5, 0.6) is 0 Å². The average molecular weight is 274 g/mol. The molecule has 0 fully saturated rings. The zero-order chi connectivity index (χ0) is 4.83. The molecule has 0 N–H and O–H groups in total. The normalized spacial score (nSPS) is 5.33. The van der Waals surface area contributed by atoms with E-state index in [1.807, 2.05) is 0 Å². The molecule has 0 aliphatic heterocycles. The Kier molecular flexibility index (Phi) is 5.34. The first-order valence-corrected chi connectivity index (χ1v) is 5.90. The van der Waals surface area contributed by atoms with E-state index < -0.39 is 25.5 Å². The Labute approximate surface area is 49.6 Å². The van der Waals surface area contributed by atoms with Gasteiger partial charge in [0, 0.05) is 0 Å². The van der Waals surface area contributed by atoms with E-state index in [9.17, 15) is 0 Å². The van der Waals surface area contributed by atoms with Crippen molar-refractivity contribution in [3.63, 3.8) is 0 Å². The molecule has 0 rings (SSSR count). The van der Waals surface area contributed by atoms with Crippen molar-refractivity contribution in [1.29, 1.82) is 5.26 Å². The number of nitrogens with zero attached hydrogens (tertiary/aromatic N) is 1.